The van der Waals surface area contributed by atoms with Crippen molar-refractivity contribution in [3.8, 4) is 11.6 Å². The Hall–Kier alpha value is -2.96. The van der Waals surface area contributed by atoms with Crippen molar-refractivity contribution in [2.45, 2.75) is 6.92 Å². The van der Waals surface area contributed by atoms with Crippen LogP contribution in [0.5, 0.6) is 11.6 Å². The van der Waals surface area contributed by atoms with E-state index in [1.165, 1.54) is 18.2 Å². The van der Waals surface area contributed by atoms with Gasteiger partial charge in [0.2, 0.25) is 5.88 Å². The maximum Gasteiger partial charge on any atom is 0.336 e. The summed E-state index contributed by atoms with van der Waals surface area (Å²) in [4.78, 5) is 21.9. The molecule has 0 unspecified atom stereocenters. The number of amides is 1. The van der Waals surface area contributed by atoms with E-state index in [0.29, 0.717) is 11.3 Å². The first kappa shape index (κ1) is 13.5. The summed E-state index contributed by atoms with van der Waals surface area (Å²) in [6, 6.07) is 7.47. The van der Waals surface area contributed by atoms with Gasteiger partial charge in [-0.25, -0.2) is 4.79 Å². The lowest BCUT2D eigenvalue weighted by Crippen LogP contribution is -2.13. The van der Waals surface area contributed by atoms with Gasteiger partial charge in [-0.05, 0) is 25.1 Å². The molecule has 0 fully saturated rings. The van der Waals surface area contributed by atoms with Gasteiger partial charge in [-0.1, -0.05) is 6.07 Å². The monoisotopic (exact) mass is 273 g/mol. The molecule has 0 saturated carbocycles. The number of carbonyl (C=O) groups excluding carboxylic acids is 1. The van der Waals surface area contributed by atoms with E-state index in [-0.39, 0.29) is 17.1 Å². The number of hydrogen-bond acceptors (Lipinski definition) is 5. The molecule has 2 aromatic rings. The number of carboxylic acid groups (broad SMARTS) is 1. The molecule has 0 aliphatic carbocycles. The van der Waals surface area contributed by atoms with Gasteiger partial charge in [0.15, 0.2) is 5.69 Å². The first-order chi connectivity index (χ1) is 9.49. The van der Waals surface area contributed by atoms with Gasteiger partial charge in [-0.2, -0.15) is 0 Å². The Kier molecular flexibility index (Phi) is 3.60. The van der Waals surface area contributed by atoms with Crippen molar-refractivity contribution < 1.29 is 19.4 Å². The number of carbonyl (C=O) groups is 2. The van der Waals surface area contributed by atoms with Crippen LogP contribution in [0.25, 0.3) is 0 Å². The fourth-order valence-corrected chi connectivity index (χ4v) is 1.58. The fourth-order valence-electron chi connectivity index (χ4n) is 1.58. The highest BCUT2D eigenvalue weighted by molar-refractivity contribution is 5.90. The SMILES string of the molecule is Cc1c(Oc2ccc(C(N)=O)nn2)cccc1C(=O)O. The van der Waals surface area contributed by atoms with E-state index in [9.17, 15) is 9.59 Å². The van der Waals surface area contributed by atoms with Crippen LogP contribution in [-0.4, -0.2) is 27.2 Å². The van der Waals surface area contributed by atoms with Gasteiger partial charge in [0.05, 0.1) is 5.56 Å². The Bertz CT molecular complexity index is 668. The molecule has 0 radical (unpaired) electrons. The fraction of sp³-hybridized carbons (Fsp3) is 0.0769. The van der Waals surface area contributed by atoms with Gasteiger partial charge in [0, 0.05) is 11.6 Å². The summed E-state index contributed by atoms with van der Waals surface area (Å²) in [6.45, 7) is 1.63. The van der Waals surface area contributed by atoms with Crippen LogP contribution in [0.3, 0.4) is 0 Å². The van der Waals surface area contributed by atoms with Crippen LogP contribution in [0.4, 0.5) is 0 Å². The predicted molar refractivity (Wildman–Crippen MR) is 68.8 cm³/mol. The van der Waals surface area contributed by atoms with Crippen LogP contribution in [0, 0.1) is 6.92 Å². The number of aromatic nitrogens is 2. The van der Waals surface area contributed by atoms with E-state index in [1.54, 1.807) is 19.1 Å². The van der Waals surface area contributed by atoms with Crippen molar-refractivity contribution in [3.63, 3.8) is 0 Å². The maximum atomic E-state index is 11.0. The molecule has 102 valence electrons. The largest absolute Gasteiger partial charge is 0.478 e. The van der Waals surface area contributed by atoms with Crippen LogP contribution < -0.4 is 10.5 Å². The third-order valence-electron chi connectivity index (χ3n) is 2.62. The summed E-state index contributed by atoms with van der Waals surface area (Å²) in [6.07, 6.45) is 0. The molecule has 0 bridgehead atoms. The number of benzene rings is 1. The summed E-state index contributed by atoms with van der Waals surface area (Å²) in [5.74, 6) is -1.23. The summed E-state index contributed by atoms with van der Waals surface area (Å²) in [7, 11) is 0. The first-order valence-electron chi connectivity index (χ1n) is 5.63. The molecule has 7 heteroatoms. The van der Waals surface area contributed by atoms with E-state index in [1.807, 2.05) is 0 Å². The highest BCUT2D eigenvalue weighted by Gasteiger charge is 2.12. The Morgan fingerprint density at radius 3 is 2.50 bits per heavy atom. The van der Waals surface area contributed by atoms with Gasteiger partial charge >= 0.3 is 5.97 Å². The minimum Gasteiger partial charge on any atom is -0.478 e. The van der Waals surface area contributed by atoms with Crippen LogP contribution in [0.2, 0.25) is 0 Å². The Morgan fingerprint density at radius 1 is 1.20 bits per heavy atom. The molecule has 1 aromatic heterocycles. The van der Waals surface area contributed by atoms with Crippen molar-refractivity contribution in [1.29, 1.82) is 0 Å². The number of primary amides is 1. The van der Waals surface area contributed by atoms with Crippen molar-refractivity contribution in [3.05, 3.63) is 47.2 Å². The number of rotatable bonds is 4. The number of ether oxygens (including phenoxy) is 1. The molecule has 0 spiro atoms. The molecule has 1 heterocycles. The van der Waals surface area contributed by atoms with E-state index in [2.05, 4.69) is 10.2 Å². The Labute approximate surface area is 114 Å². The minimum atomic E-state index is -1.04. The van der Waals surface area contributed by atoms with Crippen molar-refractivity contribution >= 4 is 11.9 Å². The lowest BCUT2D eigenvalue weighted by atomic mass is 10.1. The maximum absolute atomic E-state index is 11.0. The highest BCUT2D eigenvalue weighted by atomic mass is 16.5. The molecule has 7 nitrogen and oxygen atoms in total. The van der Waals surface area contributed by atoms with Crippen LogP contribution >= 0.6 is 0 Å². The van der Waals surface area contributed by atoms with E-state index >= 15 is 0 Å². The number of hydrogen-bond donors (Lipinski definition) is 2. The molecule has 1 aromatic carbocycles. The summed E-state index contributed by atoms with van der Waals surface area (Å²) in [5.41, 5.74) is 5.68. The van der Waals surface area contributed by atoms with Crippen LogP contribution in [0.15, 0.2) is 30.3 Å². The lowest BCUT2D eigenvalue weighted by molar-refractivity contribution is 0.0695. The van der Waals surface area contributed by atoms with Gasteiger partial charge in [-0.15, -0.1) is 10.2 Å². The summed E-state index contributed by atoms with van der Waals surface area (Å²) in [5, 5.41) is 16.3. The number of aromatic carboxylic acids is 1. The minimum absolute atomic E-state index is 0.0216. The first-order valence-corrected chi connectivity index (χ1v) is 5.63. The van der Waals surface area contributed by atoms with E-state index in [0.717, 1.165) is 0 Å². The second-order valence-electron chi connectivity index (χ2n) is 3.96. The average molecular weight is 273 g/mol. The third-order valence-corrected chi connectivity index (χ3v) is 2.62. The number of nitrogens with two attached hydrogens (primary N) is 1. The van der Waals surface area contributed by atoms with Crippen LogP contribution in [-0.2, 0) is 0 Å². The van der Waals surface area contributed by atoms with Gasteiger partial charge in [-0.3, -0.25) is 4.79 Å². The predicted octanol–water partition coefficient (Wildman–Crippen LogP) is 1.37. The number of nitrogens with zero attached hydrogens (tertiary/aromatic N) is 2. The summed E-state index contributed by atoms with van der Waals surface area (Å²) < 4.78 is 5.45. The second-order valence-corrected chi connectivity index (χ2v) is 3.96. The summed E-state index contributed by atoms with van der Waals surface area (Å²) >= 11 is 0. The van der Waals surface area contributed by atoms with Crippen LogP contribution in [0.1, 0.15) is 26.4 Å². The van der Waals surface area contributed by atoms with Crippen molar-refractivity contribution in [2.24, 2.45) is 5.73 Å². The molecule has 3 N–H and O–H groups in total. The zero-order valence-electron chi connectivity index (χ0n) is 10.5. The molecular weight excluding hydrogens is 262 g/mol. The normalized spacial score (nSPS) is 10.1. The molecular formula is C13H11N3O4. The standard InChI is InChI=1S/C13H11N3O4/c1-7-8(13(18)19)3-2-4-10(7)20-11-6-5-9(12(14)17)15-16-11/h2-6H,1H3,(H2,14,17)(H,18,19). The quantitative estimate of drug-likeness (QED) is 0.869. The molecule has 0 aliphatic heterocycles. The zero-order chi connectivity index (χ0) is 14.7. The molecule has 0 atom stereocenters. The average Bonchev–Trinajstić information content (AvgIpc) is 2.41. The molecule has 0 aliphatic rings. The molecule has 20 heavy (non-hydrogen) atoms. The smallest absolute Gasteiger partial charge is 0.336 e. The highest BCUT2D eigenvalue weighted by Crippen LogP contribution is 2.25. The van der Waals surface area contributed by atoms with Gasteiger partial charge in [0.1, 0.15) is 5.75 Å². The van der Waals surface area contributed by atoms with Crippen molar-refractivity contribution in [2.75, 3.05) is 0 Å². The second kappa shape index (κ2) is 5.35. The van der Waals surface area contributed by atoms with Gasteiger partial charge in [0.25, 0.3) is 5.91 Å². The number of carboxylic acids is 1. The zero-order valence-corrected chi connectivity index (χ0v) is 10.5. The van der Waals surface area contributed by atoms with Crippen molar-refractivity contribution in [1.82, 2.24) is 10.2 Å². The molecule has 0 saturated heterocycles. The topological polar surface area (TPSA) is 115 Å². The third kappa shape index (κ3) is 2.72. The van der Waals surface area contributed by atoms with E-state index in [4.69, 9.17) is 15.6 Å². The Morgan fingerprint density at radius 2 is 1.95 bits per heavy atom. The van der Waals surface area contributed by atoms with Gasteiger partial charge < -0.3 is 15.6 Å². The Balaban J connectivity index is 2.28. The van der Waals surface area contributed by atoms with E-state index < -0.39 is 11.9 Å². The lowest BCUT2D eigenvalue weighted by Gasteiger charge is -2.09. The molecule has 2 rings (SSSR count). The molecule has 1 amide bonds.